The maximum absolute atomic E-state index is 11.0. The van der Waals surface area contributed by atoms with E-state index in [0.717, 1.165) is 0 Å². The molecule has 0 unspecified atom stereocenters. The van der Waals surface area contributed by atoms with Crippen LogP contribution in [0.1, 0.15) is 19.4 Å². The van der Waals surface area contributed by atoms with E-state index in [-0.39, 0.29) is 11.9 Å². The second-order valence-electron chi connectivity index (χ2n) is 3.35. The Morgan fingerprint density at radius 3 is 2.50 bits per heavy atom. The Morgan fingerprint density at radius 2 is 1.94 bits per heavy atom. The number of carbonyl (C=O) groups is 1. The summed E-state index contributed by atoms with van der Waals surface area (Å²) in [7, 11) is 0. The Morgan fingerprint density at radius 1 is 1.31 bits per heavy atom. The lowest BCUT2D eigenvalue weighted by molar-refractivity contribution is 0.0362. The highest BCUT2D eigenvalue weighted by Crippen LogP contribution is 1.99. The van der Waals surface area contributed by atoms with Crippen molar-refractivity contribution in [1.29, 1.82) is 0 Å². The van der Waals surface area contributed by atoms with E-state index in [9.17, 15) is 4.79 Å². The molecule has 16 heavy (non-hydrogen) atoms. The zero-order chi connectivity index (χ0) is 12.0. The van der Waals surface area contributed by atoms with Crippen molar-refractivity contribution in [2.75, 3.05) is 0 Å². The molecule has 0 saturated heterocycles. The molecular weight excluding hydrogens is 208 g/mol. The number of benzene rings is 1. The van der Waals surface area contributed by atoms with Gasteiger partial charge in [-0.2, -0.15) is 0 Å². The molecule has 2 N–H and O–H groups in total. The number of rotatable bonds is 3. The average molecular weight is 222 g/mol. The zero-order valence-corrected chi connectivity index (χ0v) is 9.21. The minimum atomic E-state index is -0.867. The van der Waals surface area contributed by atoms with E-state index < -0.39 is 6.16 Å². The van der Waals surface area contributed by atoms with Crippen LogP contribution < -0.4 is 5.73 Å². The highest BCUT2D eigenvalue weighted by molar-refractivity contribution is 5.97. The summed E-state index contributed by atoms with van der Waals surface area (Å²) in [5.41, 5.74) is 6.27. The molecule has 0 aliphatic carbocycles. The molecule has 0 aromatic heterocycles. The fourth-order valence-electron chi connectivity index (χ4n) is 0.962. The molecule has 0 saturated carbocycles. The molecule has 0 atom stereocenters. The highest BCUT2D eigenvalue weighted by atomic mass is 16.8. The van der Waals surface area contributed by atoms with Crippen LogP contribution in [0.25, 0.3) is 0 Å². The standard InChI is InChI=1S/C11H14N2O3/c1-8(2)15-11(14)16-13-10(12)9-6-4-3-5-7-9/h3-8H,1-2H3,(H2,12,13). The summed E-state index contributed by atoms with van der Waals surface area (Å²) in [4.78, 5) is 15.5. The van der Waals surface area contributed by atoms with Gasteiger partial charge in [0.1, 0.15) is 0 Å². The van der Waals surface area contributed by atoms with Gasteiger partial charge in [-0.1, -0.05) is 35.5 Å². The van der Waals surface area contributed by atoms with Crippen LogP contribution in [0.3, 0.4) is 0 Å². The molecule has 0 aliphatic heterocycles. The monoisotopic (exact) mass is 222 g/mol. The topological polar surface area (TPSA) is 73.9 Å². The van der Waals surface area contributed by atoms with Gasteiger partial charge in [0.25, 0.3) is 0 Å². The Kier molecular flexibility index (Phi) is 4.32. The quantitative estimate of drug-likeness (QED) is 0.278. The Hall–Kier alpha value is -2.04. The lowest BCUT2D eigenvalue weighted by Gasteiger charge is -2.05. The second-order valence-corrected chi connectivity index (χ2v) is 3.35. The minimum absolute atomic E-state index is 0.126. The summed E-state index contributed by atoms with van der Waals surface area (Å²) in [5, 5.41) is 3.47. The van der Waals surface area contributed by atoms with Gasteiger partial charge >= 0.3 is 6.16 Å². The summed E-state index contributed by atoms with van der Waals surface area (Å²) in [6.07, 6.45) is -1.12. The van der Waals surface area contributed by atoms with Crippen molar-refractivity contribution in [1.82, 2.24) is 0 Å². The average Bonchev–Trinajstić information content (AvgIpc) is 2.26. The first-order valence-electron chi connectivity index (χ1n) is 4.86. The van der Waals surface area contributed by atoms with Crippen LogP contribution in [0.2, 0.25) is 0 Å². The summed E-state index contributed by atoms with van der Waals surface area (Å²) in [6.45, 7) is 3.43. The van der Waals surface area contributed by atoms with Crippen LogP contribution in [0.5, 0.6) is 0 Å². The molecule has 0 radical (unpaired) electrons. The van der Waals surface area contributed by atoms with Crippen molar-refractivity contribution in [3.63, 3.8) is 0 Å². The van der Waals surface area contributed by atoms with Crippen molar-refractivity contribution in [2.24, 2.45) is 10.9 Å². The molecule has 0 fully saturated rings. The summed E-state index contributed by atoms with van der Waals surface area (Å²) >= 11 is 0. The lowest BCUT2D eigenvalue weighted by Crippen LogP contribution is -2.16. The molecule has 0 aliphatic rings. The predicted molar refractivity (Wildman–Crippen MR) is 59.9 cm³/mol. The molecule has 0 spiro atoms. The first-order chi connectivity index (χ1) is 7.59. The molecule has 0 heterocycles. The smallest absolute Gasteiger partial charge is 0.430 e. The van der Waals surface area contributed by atoms with Crippen LogP contribution in [0.4, 0.5) is 4.79 Å². The van der Waals surface area contributed by atoms with E-state index in [1.165, 1.54) is 0 Å². The fourth-order valence-corrected chi connectivity index (χ4v) is 0.962. The first-order valence-corrected chi connectivity index (χ1v) is 4.86. The molecule has 5 heteroatoms. The summed E-state index contributed by atoms with van der Waals surface area (Å²) in [6, 6.07) is 8.99. The molecule has 5 nitrogen and oxygen atoms in total. The number of oxime groups is 1. The van der Waals surface area contributed by atoms with Crippen LogP contribution in [-0.2, 0) is 9.57 Å². The van der Waals surface area contributed by atoms with Crippen molar-refractivity contribution in [2.45, 2.75) is 20.0 Å². The Labute approximate surface area is 93.8 Å². The SMILES string of the molecule is CC(C)OC(=O)O/N=C(\N)c1ccccc1. The molecule has 1 rings (SSSR count). The maximum atomic E-state index is 11.0. The number of nitrogens with two attached hydrogens (primary N) is 1. The van der Waals surface area contributed by atoms with E-state index in [4.69, 9.17) is 10.5 Å². The van der Waals surface area contributed by atoms with E-state index in [1.807, 2.05) is 18.2 Å². The van der Waals surface area contributed by atoms with E-state index in [0.29, 0.717) is 5.56 Å². The number of hydrogen-bond acceptors (Lipinski definition) is 4. The van der Waals surface area contributed by atoms with Gasteiger partial charge in [-0.05, 0) is 13.8 Å². The van der Waals surface area contributed by atoms with E-state index in [1.54, 1.807) is 26.0 Å². The van der Waals surface area contributed by atoms with E-state index >= 15 is 0 Å². The molecular formula is C11H14N2O3. The van der Waals surface area contributed by atoms with Crippen molar-refractivity contribution >= 4 is 12.0 Å². The fraction of sp³-hybridized carbons (Fsp3) is 0.273. The van der Waals surface area contributed by atoms with Gasteiger partial charge in [0.2, 0.25) is 0 Å². The third-order valence-corrected chi connectivity index (χ3v) is 1.62. The molecule has 86 valence electrons. The van der Waals surface area contributed by atoms with E-state index in [2.05, 4.69) is 9.99 Å². The second kappa shape index (κ2) is 5.75. The largest absolute Gasteiger partial charge is 0.535 e. The number of amidine groups is 1. The van der Waals surface area contributed by atoms with Gasteiger partial charge in [-0.15, -0.1) is 0 Å². The Balaban J connectivity index is 2.55. The van der Waals surface area contributed by atoms with Crippen molar-refractivity contribution in [3.05, 3.63) is 35.9 Å². The third kappa shape index (κ3) is 4.00. The molecule has 0 amide bonds. The highest BCUT2D eigenvalue weighted by Gasteiger charge is 2.06. The van der Waals surface area contributed by atoms with Crippen LogP contribution >= 0.6 is 0 Å². The van der Waals surface area contributed by atoms with Crippen LogP contribution in [0, 0.1) is 0 Å². The third-order valence-electron chi connectivity index (χ3n) is 1.62. The molecule has 0 bridgehead atoms. The first kappa shape index (κ1) is 12.0. The number of nitrogens with zero attached hydrogens (tertiary/aromatic N) is 1. The number of carbonyl (C=O) groups excluding carboxylic acids is 1. The van der Waals surface area contributed by atoms with Crippen LogP contribution in [0.15, 0.2) is 35.5 Å². The number of hydrogen-bond donors (Lipinski definition) is 1. The van der Waals surface area contributed by atoms with Crippen LogP contribution in [-0.4, -0.2) is 18.1 Å². The Bertz CT molecular complexity index is 374. The zero-order valence-electron chi connectivity index (χ0n) is 9.21. The van der Waals surface area contributed by atoms with Gasteiger partial charge in [0, 0.05) is 5.56 Å². The molecule has 1 aromatic carbocycles. The van der Waals surface area contributed by atoms with Gasteiger partial charge in [-0.25, -0.2) is 4.79 Å². The van der Waals surface area contributed by atoms with Gasteiger partial charge in [0.05, 0.1) is 6.10 Å². The number of ether oxygens (including phenoxy) is 1. The van der Waals surface area contributed by atoms with Gasteiger partial charge < -0.3 is 10.5 Å². The summed E-state index contributed by atoms with van der Waals surface area (Å²) < 4.78 is 4.71. The summed E-state index contributed by atoms with van der Waals surface area (Å²) in [5.74, 6) is 0.126. The van der Waals surface area contributed by atoms with Crippen molar-refractivity contribution < 1.29 is 14.4 Å². The minimum Gasteiger partial charge on any atom is -0.430 e. The maximum Gasteiger partial charge on any atom is 0.535 e. The van der Waals surface area contributed by atoms with Crippen molar-refractivity contribution in [3.8, 4) is 0 Å². The lowest BCUT2D eigenvalue weighted by atomic mass is 10.2. The predicted octanol–water partition coefficient (Wildman–Crippen LogP) is 1.87. The normalized spacial score (nSPS) is 11.3. The molecule has 1 aromatic rings. The van der Waals surface area contributed by atoms with Gasteiger partial charge in [-0.3, -0.25) is 4.84 Å². The van der Waals surface area contributed by atoms with Gasteiger partial charge in [0.15, 0.2) is 5.84 Å².